The van der Waals surface area contributed by atoms with Crippen LogP contribution in [0.15, 0.2) is 5.38 Å². The van der Waals surface area contributed by atoms with Crippen molar-refractivity contribution in [2.45, 2.75) is 44.7 Å². The maximum atomic E-state index is 5.78. The lowest BCUT2D eigenvalue weighted by Crippen LogP contribution is -2.33. The van der Waals surface area contributed by atoms with E-state index in [1.165, 1.54) is 17.8 Å². The summed E-state index contributed by atoms with van der Waals surface area (Å²) in [5, 5.41) is 3.25. The molecule has 1 aromatic heterocycles. The second kappa shape index (κ2) is 5.03. The number of rotatable bonds is 5. The van der Waals surface area contributed by atoms with Crippen LogP contribution in [0.5, 0.6) is 0 Å². The molecule has 0 spiro atoms. The minimum Gasteiger partial charge on any atom is -0.294 e. The van der Waals surface area contributed by atoms with E-state index in [0.29, 0.717) is 18.0 Å². The first kappa shape index (κ1) is 12.3. The van der Waals surface area contributed by atoms with Crippen molar-refractivity contribution in [1.82, 2.24) is 9.88 Å². The van der Waals surface area contributed by atoms with Gasteiger partial charge < -0.3 is 0 Å². The predicted molar refractivity (Wildman–Crippen MR) is 70.0 cm³/mol. The number of hydrogen-bond donors (Lipinski definition) is 0. The highest BCUT2D eigenvalue weighted by Gasteiger charge is 2.33. The third-order valence-electron chi connectivity index (χ3n) is 3.62. The van der Waals surface area contributed by atoms with Gasteiger partial charge in [-0.1, -0.05) is 0 Å². The lowest BCUT2D eigenvalue weighted by atomic mass is 10.1. The molecule has 1 aliphatic rings. The molecule has 1 heterocycles. The average Bonchev–Trinajstić information content (AvgIpc) is 3.04. The molecule has 16 heavy (non-hydrogen) atoms. The first-order valence-corrected chi connectivity index (χ1v) is 7.27. The summed E-state index contributed by atoms with van der Waals surface area (Å²) in [6, 6.07) is 1.07. The van der Waals surface area contributed by atoms with E-state index in [1.807, 2.05) is 0 Å². The lowest BCUT2D eigenvalue weighted by Gasteiger charge is -2.29. The maximum Gasteiger partial charge on any atom is 0.110 e. The topological polar surface area (TPSA) is 16.1 Å². The SMILES string of the molecule is CC(c1nc(CCl)cs1)N(C)C(C)C1CC1. The van der Waals surface area contributed by atoms with Gasteiger partial charge in [-0.25, -0.2) is 4.98 Å². The number of hydrogen-bond acceptors (Lipinski definition) is 3. The molecule has 0 N–H and O–H groups in total. The van der Waals surface area contributed by atoms with Crippen molar-refractivity contribution in [2.24, 2.45) is 5.92 Å². The Bertz CT molecular complexity index is 349. The molecule has 2 nitrogen and oxygen atoms in total. The molecule has 2 unspecified atom stereocenters. The Morgan fingerprint density at radius 2 is 2.25 bits per heavy atom. The molecule has 0 radical (unpaired) electrons. The molecule has 0 saturated heterocycles. The Labute approximate surface area is 107 Å². The zero-order valence-electron chi connectivity index (χ0n) is 10.1. The molecule has 1 aliphatic carbocycles. The van der Waals surface area contributed by atoms with Crippen LogP contribution < -0.4 is 0 Å². The number of alkyl halides is 1. The summed E-state index contributed by atoms with van der Waals surface area (Å²) < 4.78 is 0. The van der Waals surface area contributed by atoms with Crippen LogP contribution in [-0.2, 0) is 5.88 Å². The monoisotopic (exact) mass is 258 g/mol. The molecule has 2 rings (SSSR count). The van der Waals surface area contributed by atoms with E-state index in [2.05, 4.69) is 36.2 Å². The van der Waals surface area contributed by atoms with Gasteiger partial charge in [0.05, 0.1) is 17.6 Å². The van der Waals surface area contributed by atoms with Crippen LogP contribution >= 0.6 is 22.9 Å². The quantitative estimate of drug-likeness (QED) is 0.749. The summed E-state index contributed by atoms with van der Waals surface area (Å²) in [6.45, 7) is 4.56. The summed E-state index contributed by atoms with van der Waals surface area (Å²) in [4.78, 5) is 7.00. The molecule has 1 saturated carbocycles. The Balaban J connectivity index is 2.02. The van der Waals surface area contributed by atoms with Crippen molar-refractivity contribution >= 4 is 22.9 Å². The van der Waals surface area contributed by atoms with Crippen molar-refractivity contribution in [3.63, 3.8) is 0 Å². The number of nitrogens with zero attached hydrogens (tertiary/aromatic N) is 2. The fourth-order valence-electron chi connectivity index (χ4n) is 2.01. The molecule has 0 aliphatic heterocycles. The van der Waals surface area contributed by atoms with Crippen LogP contribution in [0.1, 0.15) is 43.4 Å². The second-order valence-corrected chi connectivity index (χ2v) is 5.89. The van der Waals surface area contributed by atoms with E-state index in [1.54, 1.807) is 11.3 Å². The Morgan fingerprint density at radius 1 is 1.56 bits per heavy atom. The summed E-state index contributed by atoms with van der Waals surface area (Å²) >= 11 is 7.50. The van der Waals surface area contributed by atoms with E-state index in [-0.39, 0.29) is 0 Å². The largest absolute Gasteiger partial charge is 0.294 e. The molecule has 0 amide bonds. The van der Waals surface area contributed by atoms with Gasteiger partial charge in [0, 0.05) is 11.4 Å². The van der Waals surface area contributed by atoms with Gasteiger partial charge in [0.1, 0.15) is 5.01 Å². The van der Waals surface area contributed by atoms with Gasteiger partial charge in [0.15, 0.2) is 0 Å². The van der Waals surface area contributed by atoms with Gasteiger partial charge in [-0.15, -0.1) is 22.9 Å². The number of aromatic nitrogens is 1. The number of thiazole rings is 1. The van der Waals surface area contributed by atoms with Crippen LogP contribution in [0.4, 0.5) is 0 Å². The number of halogens is 1. The fraction of sp³-hybridized carbons (Fsp3) is 0.750. The first-order chi connectivity index (χ1) is 7.63. The lowest BCUT2D eigenvalue weighted by molar-refractivity contribution is 0.178. The second-order valence-electron chi connectivity index (χ2n) is 4.73. The summed E-state index contributed by atoms with van der Waals surface area (Å²) in [5.74, 6) is 1.42. The normalized spacial score (nSPS) is 20.1. The van der Waals surface area contributed by atoms with Crippen LogP contribution in [0.2, 0.25) is 0 Å². The van der Waals surface area contributed by atoms with Gasteiger partial charge in [-0.05, 0) is 39.7 Å². The highest BCUT2D eigenvalue weighted by molar-refractivity contribution is 7.09. The van der Waals surface area contributed by atoms with E-state index < -0.39 is 0 Å². The Hall–Kier alpha value is -0.120. The Kier molecular flexibility index (Phi) is 3.88. The molecule has 1 fully saturated rings. The Morgan fingerprint density at radius 3 is 2.75 bits per heavy atom. The van der Waals surface area contributed by atoms with Crippen molar-refractivity contribution < 1.29 is 0 Å². The van der Waals surface area contributed by atoms with Gasteiger partial charge in [0.25, 0.3) is 0 Å². The van der Waals surface area contributed by atoms with Crippen LogP contribution in [-0.4, -0.2) is 23.0 Å². The van der Waals surface area contributed by atoms with Crippen molar-refractivity contribution in [1.29, 1.82) is 0 Å². The van der Waals surface area contributed by atoms with Crippen LogP contribution in [0.25, 0.3) is 0 Å². The zero-order chi connectivity index (χ0) is 11.7. The van der Waals surface area contributed by atoms with Crippen LogP contribution in [0, 0.1) is 5.92 Å². The van der Waals surface area contributed by atoms with Gasteiger partial charge in [0.2, 0.25) is 0 Å². The first-order valence-electron chi connectivity index (χ1n) is 5.85. The molecule has 0 bridgehead atoms. The zero-order valence-corrected chi connectivity index (χ0v) is 11.7. The highest BCUT2D eigenvalue weighted by atomic mass is 35.5. The third-order valence-corrected chi connectivity index (χ3v) is 4.96. The van der Waals surface area contributed by atoms with E-state index >= 15 is 0 Å². The van der Waals surface area contributed by atoms with Crippen molar-refractivity contribution in [3.8, 4) is 0 Å². The molecule has 90 valence electrons. The van der Waals surface area contributed by atoms with E-state index in [4.69, 9.17) is 11.6 Å². The van der Waals surface area contributed by atoms with Crippen molar-refractivity contribution in [3.05, 3.63) is 16.1 Å². The highest BCUT2D eigenvalue weighted by Crippen LogP contribution is 2.37. The van der Waals surface area contributed by atoms with E-state index in [9.17, 15) is 0 Å². The standard InChI is InChI=1S/C12H19ClN2S/c1-8(10-4-5-10)15(3)9(2)12-14-11(6-13)7-16-12/h7-10H,4-6H2,1-3H3. The van der Waals surface area contributed by atoms with Gasteiger partial charge in [-0.2, -0.15) is 0 Å². The minimum atomic E-state index is 0.401. The fourth-order valence-corrected chi connectivity index (χ4v) is 3.17. The third kappa shape index (κ3) is 2.58. The molecule has 2 atom stereocenters. The minimum absolute atomic E-state index is 0.401. The van der Waals surface area contributed by atoms with Gasteiger partial charge >= 0.3 is 0 Å². The predicted octanol–water partition coefficient (Wildman–Crippen LogP) is 3.67. The molecular weight excluding hydrogens is 240 g/mol. The summed E-state index contributed by atoms with van der Waals surface area (Å²) in [6.07, 6.45) is 2.78. The smallest absolute Gasteiger partial charge is 0.110 e. The molecule has 1 aromatic rings. The van der Waals surface area contributed by atoms with Crippen molar-refractivity contribution in [2.75, 3.05) is 7.05 Å². The molecule has 0 aromatic carbocycles. The molecular formula is C12H19ClN2S. The maximum absolute atomic E-state index is 5.78. The van der Waals surface area contributed by atoms with Crippen LogP contribution in [0.3, 0.4) is 0 Å². The van der Waals surface area contributed by atoms with E-state index in [0.717, 1.165) is 11.6 Å². The summed E-state index contributed by atoms with van der Waals surface area (Å²) in [7, 11) is 2.20. The summed E-state index contributed by atoms with van der Waals surface area (Å²) in [5.41, 5.74) is 1.00. The average molecular weight is 259 g/mol. The molecule has 4 heteroatoms. The van der Waals surface area contributed by atoms with Gasteiger partial charge in [-0.3, -0.25) is 4.90 Å².